The number of aliphatic hydroxyl groups is 2. The topological polar surface area (TPSA) is 88.4 Å². The SMILES string of the molecule is [2H]OCP(c1ccccc1)C(c1cc(OC)c(O)c(OC)c1)C([2H])C(O[2H])OC([2H])([2H])[2H]. The molecule has 2 aromatic rings. The van der Waals surface area contributed by atoms with Crippen molar-refractivity contribution in [2.45, 2.75) is 18.3 Å². The van der Waals surface area contributed by atoms with Crippen molar-refractivity contribution < 1.29 is 35.0 Å². The van der Waals surface area contributed by atoms with Crippen molar-refractivity contribution in [1.29, 1.82) is 2.86 Å². The Labute approximate surface area is 163 Å². The molecule has 26 heavy (non-hydrogen) atoms. The van der Waals surface area contributed by atoms with E-state index in [1.807, 2.05) is 6.07 Å². The first-order valence-corrected chi connectivity index (χ1v) is 9.33. The normalized spacial score (nSPS) is 19.5. The highest BCUT2D eigenvalue weighted by molar-refractivity contribution is 7.65. The average molecular weight is 386 g/mol. The van der Waals surface area contributed by atoms with E-state index >= 15 is 0 Å². The zero-order valence-electron chi connectivity index (χ0n) is 20.4. The number of hydrogen-bond donors (Lipinski definition) is 3. The van der Waals surface area contributed by atoms with Crippen molar-refractivity contribution in [1.82, 2.24) is 0 Å². The second-order valence-electron chi connectivity index (χ2n) is 5.33. The lowest BCUT2D eigenvalue weighted by Gasteiger charge is -2.29. The van der Waals surface area contributed by atoms with Gasteiger partial charge in [-0.1, -0.05) is 30.3 Å². The molecule has 3 N–H and O–H groups in total. The molecule has 4 unspecified atom stereocenters. The first-order valence-electron chi connectivity index (χ1n) is 10.6. The molecule has 0 spiro atoms. The predicted octanol–water partition coefficient (Wildman–Crippen LogP) is 2.56. The van der Waals surface area contributed by atoms with Gasteiger partial charge in [0.25, 0.3) is 0 Å². The molecule has 0 saturated carbocycles. The number of ether oxygens (including phenoxy) is 3. The van der Waals surface area contributed by atoms with E-state index in [1.54, 1.807) is 24.3 Å². The molecule has 0 bridgehead atoms. The van der Waals surface area contributed by atoms with Crippen LogP contribution in [0.15, 0.2) is 42.5 Å². The quantitative estimate of drug-likeness (QED) is 0.406. The van der Waals surface area contributed by atoms with E-state index in [-0.39, 0.29) is 23.6 Å². The minimum Gasteiger partial charge on any atom is -0.502 e. The molecule has 0 aliphatic carbocycles. The van der Waals surface area contributed by atoms with Crippen LogP contribution in [0.5, 0.6) is 17.2 Å². The molecule has 2 rings (SSSR count). The van der Waals surface area contributed by atoms with Crippen LogP contribution in [0.2, 0.25) is 0 Å². The van der Waals surface area contributed by atoms with Crippen LogP contribution in [0.1, 0.15) is 23.1 Å². The van der Waals surface area contributed by atoms with Crippen molar-refractivity contribution in [2.75, 3.05) is 27.6 Å². The Balaban J connectivity index is 2.68. The maximum atomic E-state index is 10.3. The van der Waals surface area contributed by atoms with Gasteiger partial charge in [0.15, 0.2) is 17.8 Å². The minimum absolute atomic E-state index is 0.0754. The largest absolute Gasteiger partial charge is 0.502 e. The molecular weight excluding hydrogens is 355 g/mol. The smallest absolute Gasteiger partial charge is 0.213 e. The molecule has 0 heterocycles. The molecule has 4 atom stereocenters. The standard InChI is InChI=1S/C19H25O6P/c1-23-15-9-13(10-16(24-2)19(15)22)17(11-18(21)25-3)26(12-20)14-7-5-4-6-8-14/h4-10,17-18,20-22H,11-12H2,1-3H3/i3D3,11D,20D,21D. The summed E-state index contributed by atoms with van der Waals surface area (Å²) in [7, 11) is -1.67. The lowest BCUT2D eigenvalue weighted by molar-refractivity contribution is -0.0784. The van der Waals surface area contributed by atoms with E-state index < -0.39 is 33.3 Å². The average Bonchev–Trinajstić information content (AvgIpc) is 2.77. The fraction of sp³-hybridized carbons (Fsp3) is 0.368. The van der Waals surface area contributed by atoms with Gasteiger partial charge in [0.2, 0.25) is 8.61 Å². The van der Waals surface area contributed by atoms with Gasteiger partial charge in [-0.3, -0.25) is 0 Å². The predicted molar refractivity (Wildman–Crippen MR) is 102 cm³/mol. The number of rotatable bonds is 11. The van der Waals surface area contributed by atoms with Gasteiger partial charge in [0.05, 0.1) is 24.7 Å². The summed E-state index contributed by atoms with van der Waals surface area (Å²) in [6.45, 7) is 0. The lowest BCUT2D eigenvalue weighted by atomic mass is 10.1. The van der Waals surface area contributed by atoms with Crippen LogP contribution in [-0.2, 0) is 4.74 Å². The summed E-state index contributed by atoms with van der Waals surface area (Å²) in [5, 5.41) is 20.3. The lowest BCUT2D eigenvalue weighted by Crippen LogP contribution is -2.18. The zero-order chi connectivity index (χ0) is 23.9. The maximum Gasteiger partial charge on any atom is 0.213 e. The van der Waals surface area contributed by atoms with Crippen molar-refractivity contribution in [3.8, 4) is 17.2 Å². The molecule has 0 aliphatic heterocycles. The molecule has 0 aliphatic rings. The Kier molecular flexibility index (Phi) is 5.00. The van der Waals surface area contributed by atoms with Crippen molar-refractivity contribution in [3.63, 3.8) is 0 Å². The third kappa shape index (κ3) is 4.65. The highest BCUT2D eigenvalue weighted by Crippen LogP contribution is 2.54. The summed E-state index contributed by atoms with van der Waals surface area (Å²) < 4.78 is 60.9. The van der Waals surface area contributed by atoms with Crippen LogP contribution >= 0.6 is 7.92 Å². The van der Waals surface area contributed by atoms with Gasteiger partial charge >= 0.3 is 0 Å². The number of methoxy groups -OCH3 is 3. The summed E-state index contributed by atoms with van der Waals surface area (Å²) in [4.78, 5) is 0. The van der Waals surface area contributed by atoms with E-state index in [0.29, 0.717) is 5.56 Å². The Morgan fingerprint density at radius 1 is 1.19 bits per heavy atom. The van der Waals surface area contributed by atoms with Gasteiger partial charge in [0.1, 0.15) is 0 Å². The maximum absolute atomic E-state index is 10.3. The first-order chi connectivity index (χ1) is 15.2. The molecule has 7 heteroatoms. The highest BCUT2D eigenvalue weighted by atomic mass is 31.1. The summed E-state index contributed by atoms with van der Waals surface area (Å²) >= 11 is 0. The Hall–Kier alpha value is -1.85. The Morgan fingerprint density at radius 3 is 2.42 bits per heavy atom. The number of aromatic hydroxyl groups is 1. The Morgan fingerprint density at radius 2 is 1.88 bits per heavy atom. The van der Waals surface area contributed by atoms with Crippen LogP contribution in [0.25, 0.3) is 0 Å². The molecule has 0 aromatic heterocycles. The fourth-order valence-electron chi connectivity index (χ4n) is 2.60. The molecule has 0 amide bonds. The van der Waals surface area contributed by atoms with Gasteiger partial charge in [-0.15, -0.1) is 0 Å². The van der Waals surface area contributed by atoms with Gasteiger partial charge in [-0.2, -0.15) is 0 Å². The molecule has 142 valence electrons. The van der Waals surface area contributed by atoms with E-state index in [2.05, 4.69) is 5.11 Å². The number of phenols is 1. The van der Waals surface area contributed by atoms with Crippen molar-refractivity contribution in [3.05, 3.63) is 48.0 Å². The molecule has 2 aromatic carbocycles. The van der Waals surface area contributed by atoms with Crippen LogP contribution in [-0.4, -0.2) is 52.1 Å². The van der Waals surface area contributed by atoms with Gasteiger partial charge in [-0.25, -0.2) is 0 Å². The fourth-order valence-corrected chi connectivity index (χ4v) is 4.65. The van der Waals surface area contributed by atoms with Gasteiger partial charge in [-0.05, 0) is 30.9 Å². The summed E-state index contributed by atoms with van der Waals surface area (Å²) in [5.41, 5.74) is -0.418. The van der Waals surface area contributed by atoms with E-state index in [0.717, 1.165) is 5.30 Å². The van der Waals surface area contributed by atoms with Crippen LogP contribution in [0.4, 0.5) is 0 Å². The Bertz CT molecular complexity index is 831. The first kappa shape index (κ1) is 13.3. The van der Waals surface area contributed by atoms with E-state index in [1.165, 1.54) is 26.4 Å². The number of benzene rings is 2. The monoisotopic (exact) mass is 386 g/mol. The van der Waals surface area contributed by atoms with E-state index in [4.69, 9.17) is 27.7 Å². The second-order valence-corrected chi connectivity index (χ2v) is 7.60. The third-order valence-corrected chi connectivity index (χ3v) is 6.24. The van der Waals surface area contributed by atoms with Crippen LogP contribution in [0, 0.1) is 0 Å². The van der Waals surface area contributed by atoms with Gasteiger partial charge in [0, 0.05) is 20.5 Å². The summed E-state index contributed by atoms with van der Waals surface area (Å²) in [6.07, 6.45) is -3.25. The highest BCUT2D eigenvalue weighted by Gasteiger charge is 2.28. The molecule has 0 fully saturated rings. The van der Waals surface area contributed by atoms with Crippen molar-refractivity contribution >= 4 is 13.2 Å². The minimum atomic E-state index is -2.90. The van der Waals surface area contributed by atoms with Crippen LogP contribution < -0.4 is 14.8 Å². The number of phenolic OH excluding ortho intramolecular Hbond substituents is 1. The van der Waals surface area contributed by atoms with E-state index in [9.17, 15) is 5.11 Å². The molecule has 6 nitrogen and oxygen atoms in total. The third-order valence-electron chi connectivity index (χ3n) is 3.86. The van der Waals surface area contributed by atoms with Crippen LogP contribution in [0.3, 0.4) is 0 Å². The molecule has 0 radical (unpaired) electrons. The number of aliphatic hydroxyl groups excluding tert-OH is 2. The summed E-state index contributed by atoms with van der Waals surface area (Å²) in [5.74, 6) is -0.0929. The summed E-state index contributed by atoms with van der Waals surface area (Å²) in [6, 6.07) is 12.0. The molecular formula is C19H25O6P. The second kappa shape index (κ2) is 9.74. The van der Waals surface area contributed by atoms with Crippen molar-refractivity contribution in [2.24, 2.45) is 0 Å². The number of hydrogen-bond acceptors (Lipinski definition) is 6. The van der Waals surface area contributed by atoms with Gasteiger partial charge < -0.3 is 29.5 Å². The zero-order valence-corrected chi connectivity index (χ0v) is 15.3. The molecule has 0 saturated heterocycles.